The largest absolute Gasteiger partial charge is 0.494 e. The molecular formula is C21H24N4O2. The van der Waals surface area contributed by atoms with Gasteiger partial charge < -0.3 is 20.1 Å². The summed E-state index contributed by atoms with van der Waals surface area (Å²) in [5.74, 6) is 2.90. The van der Waals surface area contributed by atoms with Gasteiger partial charge in [0.25, 0.3) is 0 Å². The number of aromatic nitrogens is 2. The Kier molecular flexibility index (Phi) is 6.10. The first-order valence-corrected chi connectivity index (χ1v) is 8.99. The van der Waals surface area contributed by atoms with Crippen molar-refractivity contribution in [2.24, 2.45) is 0 Å². The molecule has 0 spiro atoms. The molecule has 27 heavy (non-hydrogen) atoms. The van der Waals surface area contributed by atoms with Crippen LogP contribution in [0.2, 0.25) is 0 Å². The van der Waals surface area contributed by atoms with Gasteiger partial charge in [-0.3, -0.25) is 0 Å². The summed E-state index contributed by atoms with van der Waals surface area (Å²) in [6, 6.07) is 17.3. The van der Waals surface area contributed by atoms with E-state index in [0.717, 1.165) is 22.9 Å². The monoisotopic (exact) mass is 364 g/mol. The first-order valence-electron chi connectivity index (χ1n) is 8.99. The van der Waals surface area contributed by atoms with Crippen molar-refractivity contribution in [1.29, 1.82) is 0 Å². The van der Waals surface area contributed by atoms with E-state index in [2.05, 4.69) is 20.6 Å². The van der Waals surface area contributed by atoms with E-state index in [1.165, 1.54) is 0 Å². The number of benzene rings is 2. The molecule has 0 amide bonds. The SMILES string of the molecule is CCOc1ccc(Nc2nccc(Nc3ccc(OC(C)C)cc3)n2)cc1. The van der Waals surface area contributed by atoms with Gasteiger partial charge in [0.15, 0.2) is 0 Å². The molecule has 1 aromatic heterocycles. The molecule has 6 nitrogen and oxygen atoms in total. The van der Waals surface area contributed by atoms with E-state index in [1.54, 1.807) is 6.20 Å². The fourth-order valence-electron chi connectivity index (χ4n) is 2.46. The van der Waals surface area contributed by atoms with Gasteiger partial charge >= 0.3 is 0 Å². The highest BCUT2D eigenvalue weighted by Crippen LogP contribution is 2.22. The van der Waals surface area contributed by atoms with E-state index in [-0.39, 0.29) is 6.10 Å². The third-order valence-corrected chi connectivity index (χ3v) is 3.58. The summed E-state index contributed by atoms with van der Waals surface area (Å²) in [6.07, 6.45) is 1.87. The van der Waals surface area contributed by atoms with Gasteiger partial charge in [0.05, 0.1) is 12.7 Å². The van der Waals surface area contributed by atoms with Crippen molar-refractivity contribution in [2.75, 3.05) is 17.2 Å². The maximum Gasteiger partial charge on any atom is 0.229 e. The average molecular weight is 364 g/mol. The molecule has 0 fully saturated rings. The van der Waals surface area contributed by atoms with Crippen molar-refractivity contribution in [3.8, 4) is 11.5 Å². The van der Waals surface area contributed by atoms with Gasteiger partial charge in [-0.05, 0) is 75.4 Å². The second kappa shape index (κ2) is 8.89. The lowest BCUT2D eigenvalue weighted by Crippen LogP contribution is -2.05. The fraction of sp³-hybridized carbons (Fsp3) is 0.238. The van der Waals surface area contributed by atoms with Gasteiger partial charge in [-0.15, -0.1) is 0 Å². The Bertz CT molecular complexity index is 849. The van der Waals surface area contributed by atoms with E-state index in [4.69, 9.17) is 9.47 Å². The van der Waals surface area contributed by atoms with E-state index < -0.39 is 0 Å². The van der Waals surface area contributed by atoms with Crippen LogP contribution in [0.4, 0.5) is 23.1 Å². The summed E-state index contributed by atoms with van der Waals surface area (Å²) < 4.78 is 11.1. The predicted molar refractivity (Wildman–Crippen MR) is 108 cm³/mol. The Morgan fingerprint density at radius 2 is 1.48 bits per heavy atom. The minimum absolute atomic E-state index is 0.155. The minimum atomic E-state index is 0.155. The van der Waals surface area contributed by atoms with Gasteiger partial charge in [0.1, 0.15) is 17.3 Å². The summed E-state index contributed by atoms with van der Waals surface area (Å²) in [7, 11) is 0. The zero-order valence-corrected chi connectivity index (χ0v) is 15.8. The quantitative estimate of drug-likeness (QED) is 0.576. The molecule has 140 valence electrons. The number of nitrogens with one attached hydrogen (secondary N) is 2. The molecule has 0 atom stereocenters. The maximum absolute atomic E-state index is 5.66. The van der Waals surface area contributed by atoms with Crippen molar-refractivity contribution in [3.63, 3.8) is 0 Å². The Morgan fingerprint density at radius 3 is 2.11 bits per heavy atom. The standard InChI is InChI=1S/C21H24N4O2/c1-4-26-18-9-5-17(6-10-18)24-21-22-14-13-20(25-21)23-16-7-11-19(12-8-16)27-15(2)3/h5-15H,4H2,1-3H3,(H2,22,23,24,25). The number of nitrogens with zero attached hydrogens (tertiary/aromatic N) is 2. The van der Waals surface area contributed by atoms with Crippen molar-refractivity contribution in [1.82, 2.24) is 9.97 Å². The highest BCUT2D eigenvalue weighted by Gasteiger charge is 2.03. The maximum atomic E-state index is 5.66. The molecule has 3 aromatic rings. The van der Waals surface area contributed by atoms with E-state index >= 15 is 0 Å². The highest BCUT2D eigenvalue weighted by molar-refractivity contribution is 5.60. The van der Waals surface area contributed by atoms with Gasteiger partial charge in [-0.2, -0.15) is 4.98 Å². The van der Waals surface area contributed by atoms with E-state index in [0.29, 0.717) is 18.4 Å². The van der Waals surface area contributed by atoms with Crippen molar-refractivity contribution < 1.29 is 9.47 Å². The molecule has 2 N–H and O–H groups in total. The van der Waals surface area contributed by atoms with Crippen molar-refractivity contribution in [3.05, 3.63) is 60.8 Å². The summed E-state index contributed by atoms with van der Waals surface area (Å²) in [5.41, 5.74) is 1.82. The molecule has 0 bridgehead atoms. The molecule has 0 aliphatic heterocycles. The molecule has 0 aliphatic rings. The third-order valence-electron chi connectivity index (χ3n) is 3.58. The van der Waals surface area contributed by atoms with Crippen LogP contribution in [0.25, 0.3) is 0 Å². The molecule has 1 heterocycles. The molecule has 2 aromatic carbocycles. The van der Waals surface area contributed by atoms with Crippen LogP contribution in [0.5, 0.6) is 11.5 Å². The van der Waals surface area contributed by atoms with Gasteiger partial charge in [-0.25, -0.2) is 4.98 Å². The fourth-order valence-corrected chi connectivity index (χ4v) is 2.46. The van der Waals surface area contributed by atoms with Crippen LogP contribution in [-0.4, -0.2) is 22.7 Å². The molecule has 0 aliphatic carbocycles. The molecule has 0 saturated heterocycles. The second-order valence-corrected chi connectivity index (χ2v) is 6.16. The first-order chi connectivity index (χ1) is 13.1. The van der Waals surface area contributed by atoms with Crippen LogP contribution in [0, 0.1) is 0 Å². The Morgan fingerprint density at radius 1 is 0.852 bits per heavy atom. The summed E-state index contributed by atoms with van der Waals surface area (Å²) >= 11 is 0. The zero-order valence-electron chi connectivity index (χ0n) is 15.8. The third kappa shape index (κ3) is 5.60. The van der Waals surface area contributed by atoms with Crippen LogP contribution in [0.15, 0.2) is 60.8 Å². The number of rotatable bonds is 8. The van der Waals surface area contributed by atoms with Gasteiger partial charge in [0.2, 0.25) is 5.95 Å². The highest BCUT2D eigenvalue weighted by atomic mass is 16.5. The smallest absolute Gasteiger partial charge is 0.229 e. The molecule has 3 rings (SSSR count). The van der Waals surface area contributed by atoms with Crippen LogP contribution >= 0.6 is 0 Å². The lowest BCUT2D eigenvalue weighted by Gasteiger charge is -2.11. The Labute approximate surface area is 159 Å². The molecule has 0 radical (unpaired) electrons. The number of anilines is 4. The number of hydrogen-bond acceptors (Lipinski definition) is 6. The topological polar surface area (TPSA) is 68.3 Å². The Balaban J connectivity index is 1.64. The van der Waals surface area contributed by atoms with E-state index in [1.807, 2.05) is 75.4 Å². The summed E-state index contributed by atoms with van der Waals surface area (Å²) in [4.78, 5) is 8.77. The van der Waals surface area contributed by atoms with Crippen LogP contribution < -0.4 is 20.1 Å². The second-order valence-electron chi connectivity index (χ2n) is 6.16. The van der Waals surface area contributed by atoms with Crippen LogP contribution in [0.1, 0.15) is 20.8 Å². The minimum Gasteiger partial charge on any atom is -0.494 e. The molecule has 0 saturated carbocycles. The lowest BCUT2D eigenvalue weighted by atomic mass is 10.3. The number of hydrogen-bond donors (Lipinski definition) is 2. The van der Waals surface area contributed by atoms with E-state index in [9.17, 15) is 0 Å². The summed E-state index contributed by atoms with van der Waals surface area (Å²) in [6.45, 7) is 6.62. The first kappa shape index (κ1) is 18.5. The predicted octanol–water partition coefficient (Wildman–Crippen LogP) is 5.15. The number of ether oxygens (including phenoxy) is 2. The lowest BCUT2D eigenvalue weighted by molar-refractivity contribution is 0.242. The zero-order chi connectivity index (χ0) is 19.1. The van der Waals surface area contributed by atoms with Gasteiger partial charge in [-0.1, -0.05) is 0 Å². The molecular weight excluding hydrogens is 340 g/mol. The normalized spacial score (nSPS) is 10.5. The molecule has 0 unspecified atom stereocenters. The van der Waals surface area contributed by atoms with Gasteiger partial charge in [0, 0.05) is 17.6 Å². The van der Waals surface area contributed by atoms with Crippen molar-refractivity contribution in [2.45, 2.75) is 26.9 Å². The average Bonchev–Trinajstić information content (AvgIpc) is 2.65. The Hall–Kier alpha value is -3.28. The molecule has 6 heteroatoms. The van der Waals surface area contributed by atoms with Crippen LogP contribution in [0.3, 0.4) is 0 Å². The van der Waals surface area contributed by atoms with Crippen LogP contribution in [-0.2, 0) is 0 Å². The summed E-state index contributed by atoms with van der Waals surface area (Å²) in [5, 5.41) is 6.46. The van der Waals surface area contributed by atoms with Crippen molar-refractivity contribution >= 4 is 23.1 Å².